The second kappa shape index (κ2) is 8.22. The highest BCUT2D eigenvalue weighted by Crippen LogP contribution is 2.34. The Morgan fingerprint density at radius 1 is 1.10 bits per heavy atom. The van der Waals surface area contributed by atoms with Crippen LogP contribution in [0.5, 0.6) is 0 Å². The number of carbonyl (C=O) groups is 3. The molecule has 2 aromatic carbocycles. The van der Waals surface area contributed by atoms with Crippen LogP contribution < -0.4 is 0 Å². The topological polar surface area (TPSA) is 87.8 Å². The van der Waals surface area contributed by atoms with Crippen molar-refractivity contribution < 1.29 is 23.9 Å². The van der Waals surface area contributed by atoms with E-state index in [9.17, 15) is 14.4 Å². The summed E-state index contributed by atoms with van der Waals surface area (Å²) < 4.78 is 5.74. The molecule has 30 heavy (non-hydrogen) atoms. The first kappa shape index (κ1) is 20.0. The van der Waals surface area contributed by atoms with Crippen molar-refractivity contribution in [2.45, 2.75) is 6.54 Å². The number of hydrogen-bond donors (Lipinski definition) is 1. The maximum absolute atomic E-state index is 12.7. The number of hydrogen-bond acceptors (Lipinski definition) is 5. The average molecular weight is 440 g/mol. The summed E-state index contributed by atoms with van der Waals surface area (Å²) in [6.45, 7) is 0.133. The fraction of sp³-hybridized carbons (Fsp3) is 0.0455. The van der Waals surface area contributed by atoms with Crippen molar-refractivity contribution in [3.05, 3.63) is 87.5 Å². The van der Waals surface area contributed by atoms with E-state index >= 15 is 0 Å². The predicted molar refractivity (Wildman–Crippen MR) is 114 cm³/mol. The molecule has 0 aliphatic carbocycles. The number of thioether (sulfide) groups is 1. The van der Waals surface area contributed by atoms with Gasteiger partial charge < -0.3 is 9.52 Å². The van der Waals surface area contributed by atoms with Crippen LogP contribution >= 0.6 is 23.4 Å². The van der Waals surface area contributed by atoms with Crippen LogP contribution in [0.3, 0.4) is 0 Å². The first-order chi connectivity index (χ1) is 14.4. The van der Waals surface area contributed by atoms with Gasteiger partial charge in [0.15, 0.2) is 0 Å². The maximum atomic E-state index is 12.7. The van der Waals surface area contributed by atoms with E-state index in [1.807, 2.05) is 0 Å². The van der Waals surface area contributed by atoms with Gasteiger partial charge >= 0.3 is 5.97 Å². The Morgan fingerprint density at radius 2 is 1.90 bits per heavy atom. The van der Waals surface area contributed by atoms with Gasteiger partial charge in [-0.15, -0.1) is 0 Å². The summed E-state index contributed by atoms with van der Waals surface area (Å²) in [6.07, 6.45) is 1.51. The first-order valence-electron chi connectivity index (χ1n) is 8.84. The summed E-state index contributed by atoms with van der Waals surface area (Å²) in [5, 5.41) is 9.29. The second-order valence-corrected chi connectivity index (χ2v) is 7.92. The van der Waals surface area contributed by atoms with Crippen LogP contribution in [0.15, 0.2) is 70.0 Å². The number of carboxylic acid groups (broad SMARTS) is 1. The number of furan rings is 1. The van der Waals surface area contributed by atoms with E-state index in [2.05, 4.69) is 0 Å². The van der Waals surface area contributed by atoms with Crippen molar-refractivity contribution in [3.8, 4) is 11.3 Å². The Kier molecular flexibility index (Phi) is 5.48. The van der Waals surface area contributed by atoms with Crippen molar-refractivity contribution in [1.82, 2.24) is 4.90 Å². The van der Waals surface area contributed by atoms with E-state index < -0.39 is 11.9 Å². The van der Waals surface area contributed by atoms with Gasteiger partial charge in [0.25, 0.3) is 11.1 Å². The van der Waals surface area contributed by atoms with Crippen molar-refractivity contribution in [3.63, 3.8) is 0 Å². The molecule has 1 fully saturated rings. The number of carbonyl (C=O) groups excluding carboxylic acids is 2. The zero-order valence-corrected chi connectivity index (χ0v) is 16.9. The largest absolute Gasteiger partial charge is 0.478 e. The van der Waals surface area contributed by atoms with Crippen LogP contribution in [0.1, 0.15) is 21.7 Å². The van der Waals surface area contributed by atoms with Gasteiger partial charge in [0.1, 0.15) is 11.5 Å². The van der Waals surface area contributed by atoms with Crippen molar-refractivity contribution in [2.24, 2.45) is 0 Å². The van der Waals surface area contributed by atoms with E-state index in [4.69, 9.17) is 21.1 Å². The molecule has 1 aliphatic rings. The standard InChI is InChI=1S/C22H14ClNO5S/c23-16-6-1-3-13(9-16)12-24-20(25)19(30-22(24)28)11-17-7-8-18(29-17)14-4-2-5-15(10-14)21(26)27/h1-11H,12H2,(H,26,27)/b19-11-. The summed E-state index contributed by atoms with van der Waals surface area (Å²) in [5.74, 6) is -0.589. The molecule has 2 amide bonds. The van der Waals surface area contributed by atoms with Crippen molar-refractivity contribution in [1.29, 1.82) is 0 Å². The van der Waals surface area contributed by atoms with Crippen LogP contribution in [0.25, 0.3) is 17.4 Å². The Morgan fingerprint density at radius 3 is 2.67 bits per heavy atom. The third-order valence-corrected chi connectivity index (χ3v) is 5.54. The molecule has 0 atom stereocenters. The van der Waals surface area contributed by atoms with E-state index in [-0.39, 0.29) is 22.3 Å². The number of halogens is 1. The third-order valence-electron chi connectivity index (χ3n) is 4.40. The maximum Gasteiger partial charge on any atom is 0.335 e. The lowest BCUT2D eigenvalue weighted by Crippen LogP contribution is -2.27. The number of benzene rings is 2. The number of nitrogens with zero attached hydrogens (tertiary/aromatic N) is 1. The molecule has 3 aromatic rings. The van der Waals surface area contributed by atoms with Gasteiger partial charge in [-0.1, -0.05) is 35.9 Å². The van der Waals surface area contributed by atoms with Gasteiger partial charge in [0.2, 0.25) is 0 Å². The van der Waals surface area contributed by atoms with Crippen LogP contribution in [-0.2, 0) is 11.3 Å². The highest BCUT2D eigenvalue weighted by Gasteiger charge is 2.35. The number of imide groups is 1. The lowest BCUT2D eigenvalue weighted by Gasteiger charge is -2.12. The number of rotatable bonds is 5. The number of aromatic carboxylic acids is 1. The van der Waals surface area contributed by atoms with Crippen molar-refractivity contribution >= 4 is 46.6 Å². The van der Waals surface area contributed by atoms with Crippen LogP contribution in [-0.4, -0.2) is 27.1 Å². The fourth-order valence-corrected chi connectivity index (χ4v) is 4.01. The molecule has 0 unspecified atom stereocenters. The average Bonchev–Trinajstić information content (AvgIpc) is 3.29. The van der Waals surface area contributed by atoms with Gasteiger partial charge in [-0.3, -0.25) is 14.5 Å². The van der Waals surface area contributed by atoms with Gasteiger partial charge in [0.05, 0.1) is 17.0 Å². The summed E-state index contributed by atoms with van der Waals surface area (Å²) in [5.41, 5.74) is 1.50. The molecule has 6 nitrogen and oxygen atoms in total. The van der Waals surface area contributed by atoms with Crippen LogP contribution in [0, 0.1) is 0 Å². The van der Waals surface area contributed by atoms with Gasteiger partial charge in [-0.05, 0) is 53.7 Å². The zero-order chi connectivity index (χ0) is 21.3. The van der Waals surface area contributed by atoms with E-state index in [1.54, 1.807) is 48.5 Å². The Labute approximate surface area is 180 Å². The molecule has 0 spiro atoms. The van der Waals surface area contributed by atoms with Gasteiger partial charge in [0, 0.05) is 16.7 Å². The fourth-order valence-electron chi connectivity index (χ4n) is 2.97. The summed E-state index contributed by atoms with van der Waals surface area (Å²) in [4.78, 5) is 37.5. The second-order valence-electron chi connectivity index (χ2n) is 6.49. The molecule has 150 valence electrons. The van der Waals surface area contributed by atoms with Gasteiger partial charge in [-0.2, -0.15) is 0 Å². The Balaban J connectivity index is 1.54. The Hall–Kier alpha value is -3.29. The first-order valence-corrected chi connectivity index (χ1v) is 10.0. The smallest absolute Gasteiger partial charge is 0.335 e. The molecular weight excluding hydrogens is 426 g/mol. The Bertz CT molecular complexity index is 1200. The summed E-state index contributed by atoms with van der Waals surface area (Å²) >= 11 is 6.81. The highest BCUT2D eigenvalue weighted by atomic mass is 35.5. The van der Waals surface area contributed by atoms with Crippen molar-refractivity contribution in [2.75, 3.05) is 0 Å². The van der Waals surface area contributed by atoms with E-state index in [0.717, 1.165) is 22.2 Å². The lowest BCUT2D eigenvalue weighted by atomic mass is 10.1. The SMILES string of the molecule is O=C(O)c1cccc(-c2ccc(/C=C3\SC(=O)N(Cc4cccc(Cl)c4)C3=O)o2)c1. The predicted octanol–water partition coefficient (Wildman–Crippen LogP) is 5.53. The molecule has 1 saturated heterocycles. The molecule has 4 rings (SSSR count). The van der Waals surface area contributed by atoms with Crippen LogP contribution in [0.4, 0.5) is 4.79 Å². The molecule has 8 heteroatoms. The monoisotopic (exact) mass is 439 g/mol. The minimum Gasteiger partial charge on any atom is -0.478 e. The molecule has 2 heterocycles. The molecule has 0 radical (unpaired) electrons. The van der Waals surface area contributed by atoms with Crippen LogP contribution in [0.2, 0.25) is 5.02 Å². The normalized spacial score (nSPS) is 15.2. The highest BCUT2D eigenvalue weighted by molar-refractivity contribution is 8.18. The molecule has 1 aromatic heterocycles. The summed E-state index contributed by atoms with van der Waals surface area (Å²) in [6, 6.07) is 16.7. The third kappa shape index (κ3) is 4.17. The number of amides is 2. The minimum absolute atomic E-state index is 0.133. The van der Waals surface area contributed by atoms with Gasteiger partial charge in [-0.25, -0.2) is 4.79 Å². The lowest BCUT2D eigenvalue weighted by molar-refractivity contribution is -0.123. The zero-order valence-electron chi connectivity index (χ0n) is 15.4. The molecule has 0 saturated carbocycles. The molecule has 1 N–H and O–H groups in total. The summed E-state index contributed by atoms with van der Waals surface area (Å²) in [7, 11) is 0. The number of carboxylic acids is 1. The molecule has 1 aliphatic heterocycles. The van der Waals surface area contributed by atoms with E-state index in [0.29, 0.717) is 22.1 Å². The molecular formula is C22H14ClNO5S. The molecule has 0 bridgehead atoms. The van der Waals surface area contributed by atoms with E-state index in [1.165, 1.54) is 18.2 Å². The quantitative estimate of drug-likeness (QED) is 0.525. The minimum atomic E-state index is -1.03.